The van der Waals surface area contributed by atoms with E-state index in [4.69, 9.17) is 27.6 Å². The number of rotatable bonds is 9. The summed E-state index contributed by atoms with van der Waals surface area (Å²) in [5.74, 6) is 0. The fourth-order valence-corrected chi connectivity index (χ4v) is 21.3. The maximum Gasteiger partial charge on any atom is 0.145 e. The molecule has 19 aromatic carbocycles. The van der Waals surface area contributed by atoms with Crippen molar-refractivity contribution in [2.75, 3.05) is 0 Å². The molecule has 0 saturated carbocycles. The Kier molecular flexibility index (Phi) is 20.0. The minimum Gasteiger partial charge on any atom is -0.455 e. The van der Waals surface area contributed by atoms with E-state index in [0.29, 0.717) is 0 Å². The van der Waals surface area contributed by atoms with Crippen LogP contribution in [0.4, 0.5) is 0 Å². The second-order valence-electron chi connectivity index (χ2n) is 36.0. The van der Waals surface area contributed by atoms with Crippen LogP contribution in [0, 0.1) is 0 Å². The number of para-hydroxylation sites is 1. The first-order valence-corrected chi connectivity index (χ1v) is 47.6. The molecule has 0 aliphatic heterocycles. The Bertz CT molecular complexity index is 9950. The topological polar surface area (TPSA) is 143 Å². The number of nitrogens with zero attached hydrogens (tertiary/aromatic N) is 7. The average molecular weight is 1820 g/mol. The minimum atomic E-state index is 0.866. The highest BCUT2D eigenvalue weighted by Gasteiger charge is 2.26. The molecule has 0 fully saturated rings. The van der Waals surface area contributed by atoms with Crippen molar-refractivity contribution in [3.05, 3.63) is 480 Å². The van der Waals surface area contributed by atoms with Gasteiger partial charge in [0.15, 0.2) is 0 Å². The molecule has 11 nitrogen and oxygen atoms in total. The molecule has 11 aromatic heterocycles. The number of hydrogen-bond donors (Lipinski definition) is 0. The second kappa shape index (κ2) is 34.5. The molecule has 0 saturated heterocycles. The van der Waals surface area contributed by atoms with Gasteiger partial charge in [-0.25, -0.2) is 9.97 Å². The lowest BCUT2D eigenvalue weighted by Gasteiger charge is -2.13. The van der Waals surface area contributed by atoms with E-state index in [2.05, 4.69) is 419 Å². The van der Waals surface area contributed by atoms with Crippen LogP contribution in [0.1, 0.15) is 0 Å². The Labute approximate surface area is 812 Å². The molecule has 662 valence electrons. The van der Waals surface area contributed by atoms with Crippen molar-refractivity contribution in [2.24, 2.45) is 0 Å². The Hall–Kier alpha value is -19.2. The lowest BCUT2D eigenvalue weighted by atomic mass is 9.91. The van der Waals surface area contributed by atoms with Gasteiger partial charge in [-0.1, -0.05) is 279 Å². The zero-order valence-corrected chi connectivity index (χ0v) is 76.4. The van der Waals surface area contributed by atoms with Crippen molar-refractivity contribution in [3.63, 3.8) is 0 Å². The van der Waals surface area contributed by atoms with Gasteiger partial charge in [-0.3, -0.25) is 24.9 Å². The van der Waals surface area contributed by atoms with Crippen LogP contribution in [-0.2, 0) is 0 Å². The van der Waals surface area contributed by atoms with E-state index >= 15 is 0 Å². The smallest absolute Gasteiger partial charge is 0.145 e. The third-order valence-electron chi connectivity index (χ3n) is 27.8. The molecule has 0 aliphatic carbocycles. The Morgan fingerprint density at radius 2 is 0.458 bits per heavy atom. The largest absolute Gasteiger partial charge is 0.455 e. The maximum absolute atomic E-state index is 6.73. The van der Waals surface area contributed by atoms with Crippen molar-refractivity contribution < 1.29 is 17.7 Å². The van der Waals surface area contributed by atoms with E-state index in [9.17, 15) is 0 Å². The zero-order chi connectivity index (χ0) is 93.7. The van der Waals surface area contributed by atoms with E-state index in [1.54, 1.807) is 18.6 Å². The molecule has 0 spiro atoms. The van der Waals surface area contributed by atoms with E-state index < -0.39 is 0 Å². The first-order chi connectivity index (χ1) is 70.4. The first kappa shape index (κ1) is 82.3. The molecule has 30 aromatic rings. The summed E-state index contributed by atoms with van der Waals surface area (Å²) in [6.45, 7) is 0. The van der Waals surface area contributed by atoms with Gasteiger partial charge in [0.1, 0.15) is 44.7 Å². The van der Waals surface area contributed by atoms with Crippen LogP contribution >= 0.6 is 0 Å². The molecule has 11 heteroatoms. The summed E-state index contributed by atoms with van der Waals surface area (Å²) < 4.78 is 26.5. The predicted molar refractivity (Wildman–Crippen MR) is 586 cm³/mol. The van der Waals surface area contributed by atoms with E-state index in [1.165, 1.54) is 102 Å². The van der Waals surface area contributed by atoms with Crippen molar-refractivity contribution in [1.29, 1.82) is 0 Å². The van der Waals surface area contributed by atoms with Gasteiger partial charge in [-0.15, -0.1) is 0 Å². The predicted octanol–water partition coefficient (Wildman–Crippen LogP) is 35.5. The molecule has 142 heavy (non-hydrogen) atoms. The van der Waals surface area contributed by atoms with Crippen molar-refractivity contribution in [1.82, 2.24) is 34.9 Å². The highest BCUT2D eigenvalue weighted by atomic mass is 16.3. The van der Waals surface area contributed by atoms with Gasteiger partial charge in [-0.2, -0.15) is 0 Å². The van der Waals surface area contributed by atoms with Crippen LogP contribution in [0.25, 0.3) is 286 Å². The summed E-state index contributed by atoms with van der Waals surface area (Å²) in [5, 5.41) is 29.6. The summed E-state index contributed by atoms with van der Waals surface area (Å²) in [6.07, 6.45) is 16.5. The molecule has 0 N–H and O–H groups in total. The lowest BCUT2D eigenvalue weighted by molar-refractivity contribution is 0.670. The van der Waals surface area contributed by atoms with Gasteiger partial charge in [-0.05, 0) is 271 Å². The summed E-state index contributed by atoms with van der Waals surface area (Å²) in [5.41, 5.74) is 26.9. The van der Waals surface area contributed by atoms with Crippen LogP contribution < -0.4 is 0 Å². The van der Waals surface area contributed by atoms with Gasteiger partial charge < -0.3 is 17.7 Å². The molecule has 0 bridgehead atoms. The van der Waals surface area contributed by atoms with Crippen LogP contribution in [0.15, 0.2) is 498 Å². The Morgan fingerprint density at radius 3 is 0.880 bits per heavy atom. The van der Waals surface area contributed by atoms with Gasteiger partial charge in [0.2, 0.25) is 0 Å². The molecular formula is C131H79N7O4. The zero-order valence-electron chi connectivity index (χ0n) is 76.4. The normalized spacial score (nSPS) is 11.7. The first-order valence-electron chi connectivity index (χ1n) is 47.6. The van der Waals surface area contributed by atoms with Gasteiger partial charge >= 0.3 is 0 Å². The summed E-state index contributed by atoms with van der Waals surface area (Å²) >= 11 is 0. The number of fused-ring (bicyclic) bond motifs is 29. The van der Waals surface area contributed by atoms with Crippen LogP contribution in [0.3, 0.4) is 0 Å². The highest BCUT2D eigenvalue weighted by molar-refractivity contribution is 6.33. The molecule has 0 unspecified atom stereocenters. The van der Waals surface area contributed by atoms with Crippen LogP contribution in [-0.4, -0.2) is 34.9 Å². The molecule has 0 radical (unpaired) electrons. The van der Waals surface area contributed by atoms with Crippen molar-refractivity contribution >= 4 is 185 Å². The van der Waals surface area contributed by atoms with Gasteiger partial charge in [0, 0.05) is 143 Å². The number of furan rings is 4. The summed E-state index contributed by atoms with van der Waals surface area (Å²) in [7, 11) is 0. The number of aromatic nitrogens is 7. The standard InChI is InChI=1S/C36H22N2O.C34H20N2O.C31H19NO.C30H18N2O/c1-3-7-30-25(5-1)9-10-33-34(30)35-31-8-4-2-6-26(31)22-32(36(35)39-33)29-20-27(23-11-15-37-16-12-23)19-28(21-29)24-13-17-38-18-14-24;1-3-12-24-21(8-1)17-18-30-31(24)32-25-13-4-2-9-23(25)20-27(34(32)37-30)29-16-6-15-28(36-29)26-14-5-10-22-11-7-19-35-33(22)26;1-3-12-25-20(7-1)14-15-28-29(25)30-26-13-4-2-8-23(26)18-27(31(30)33-28)22-10-5-9-21(17-22)24-11-6-16-32-19-24;1-3-8-22-19(6-1)12-13-27-28(22)29-23-9-4-2-7-21(23)18-24(30(29)33-27)26-11-5-10-25(32-26)20-14-16-31-17-15-20/h1-22H;1-20H;1-19H;1-18H. The number of pyridine rings is 7. The van der Waals surface area contributed by atoms with Crippen LogP contribution in [0.2, 0.25) is 0 Å². The third-order valence-corrected chi connectivity index (χ3v) is 27.8. The number of hydrogen-bond acceptors (Lipinski definition) is 11. The van der Waals surface area contributed by atoms with Gasteiger partial charge in [0.25, 0.3) is 0 Å². The second-order valence-corrected chi connectivity index (χ2v) is 36.0. The molecule has 0 aliphatic rings. The minimum absolute atomic E-state index is 0.866. The van der Waals surface area contributed by atoms with Crippen LogP contribution in [0.5, 0.6) is 0 Å². The highest BCUT2D eigenvalue weighted by Crippen LogP contribution is 2.51. The maximum atomic E-state index is 6.73. The van der Waals surface area contributed by atoms with E-state index in [0.717, 1.165) is 183 Å². The molecular weight excluding hydrogens is 1740 g/mol. The quantitative estimate of drug-likeness (QED) is 0.136. The van der Waals surface area contributed by atoms with E-state index in [-0.39, 0.29) is 0 Å². The summed E-state index contributed by atoms with van der Waals surface area (Å²) in [4.78, 5) is 31.7. The molecule has 30 rings (SSSR count). The molecule has 0 amide bonds. The fourth-order valence-electron chi connectivity index (χ4n) is 21.3. The van der Waals surface area contributed by atoms with Gasteiger partial charge in [0.05, 0.1) is 28.3 Å². The fraction of sp³-hybridized carbons (Fsp3) is 0. The SMILES string of the molecule is c1cc(-c2cccc3cccnc23)nc(-c2cc3ccccc3c3c2oc2ccc4ccccc4c23)c1.c1cc(-c2ccncc2)nc(-c2cc3ccccc3c3c2oc2ccc4ccccc4c23)c1.c1ccc2c(c1)ccc1oc3c(-c4cc(-c5ccncc5)cc(-c5ccncc5)c4)cc4ccccc4c3c12.c1cncc(-c2cccc(-c3cc4ccccc4c4c3oc3ccc5ccccc5c34)c2)c1. The van der Waals surface area contributed by atoms with E-state index in [1.807, 2.05) is 67.5 Å². The summed E-state index contributed by atoms with van der Waals surface area (Å²) in [6, 6.07) is 148. The number of benzene rings is 19. The molecule has 11 heterocycles. The lowest BCUT2D eigenvalue weighted by Crippen LogP contribution is -1.91. The average Bonchev–Trinajstić information content (AvgIpc) is 1.58. The van der Waals surface area contributed by atoms with Crippen molar-refractivity contribution in [3.8, 4) is 101 Å². The Balaban J connectivity index is 0.0000000949. The Morgan fingerprint density at radius 1 is 0.155 bits per heavy atom. The third kappa shape index (κ3) is 14.3. The monoisotopic (exact) mass is 1810 g/mol. The van der Waals surface area contributed by atoms with Crippen molar-refractivity contribution in [2.45, 2.75) is 0 Å². The molecule has 0 atom stereocenters.